The first-order valence-corrected chi connectivity index (χ1v) is 12.1. The highest BCUT2D eigenvalue weighted by molar-refractivity contribution is 6.31. The number of aromatic nitrogens is 2. The van der Waals surface area contributed by atoms with E-state index in [1.54, 1.807) is 20.8 Å². The fourth-order valence-electron chi connectivity index (χ4n) is 3.72. The van der Waals surface area contributed by atoms with Crippen molar-refractivity contribution in [2.75, 3.05) is 19.8 Å². The lowest BCUT2D eigenvalue weighted by Crippen LogP contribution is -2.52. The third kappa shape index (κ3) is 8.87. The zero-order valence-corrected chi connectivity index (χ0v) is 22.1. The van der Waals surface area contributed by atoms with Crippen LogP contribution in [0.2, 0.25) is 5.02 Å². The Balaban J connectivity index is 1.73. The lowest BCUT2D eigenvalue weighted by Gasteiger charge is -2.38. The van der Waals surface area contributed by atoms with Crippen LogP contribution in [-0.2, 0) is 15.7 Å². The van der Waals surface area contributed by atoms with Crippen molar-refractivity contribution in [3.05, 3.63) is 40.2 Å². The first kappa shape index (κ1) is 31.3. The van der Waals surface area contributed by atoms with E-state index in [0.717, 1.165) is 12.1 Å². The summed E-state index contributed by atoms with van der Waals surface area (Å²) in [5.41, 5.74) is -2.35. The van der Waals surface area contributed by atoms with E-state index >= 15 is 0 Å². The van der Waals surface area contributed by atoms with E-state index in [9.17, 15) is 35.9 Å². The second-order valence-electron chi connectivity index (χ2n) is 9.64. The molecule has 1 fully saturated rings. The molecule has 1 aromatic heterocycles. The number of hydrogen-bond donors (Lipinski definition) is 1. The van der Waals surface area contributed by atoms with Crippen LogP contribution in [0.25, 0.3) is 0 Å². The highest BCUT2D eigenvalue weighted by atomic mass is 35.5. The van der Waals surface area contributed by atoms with Gasteiger partial charge in [0.15, 0.2) is 0 Å². The van der Waals surface area contributed by atoms with Crippen LogP contribution in [0.5, 0.6) is 6.08 Å². The summed E-state index contributed by atoms with van der Waals surface area (Å²) in [6, 6.07) is 1.19. The number of likely N-dealkylation sites (tertiary alicyclic amines) is 1. The molecule has 1 aromatic carbocycles. The molecule has 1 N–H and O–H groups in total. The second kappa shape index (κ2) is 12.1. The molecule has 40 heavy (non-hydrogen) atoms. The largest absolute Gasteiger partial charge is 0.522 e. The molecule has 0 radical (unpaired) electrons. The minimum Gasteiger partial charge on any atom is -0.447 e. The molecule has 0 unspecified atom stereocenters. The van der Waals surface area contributed by atoms with E-state index in [2.05, 4.69) is 20.3 Å². The highest BCUT2D eigenvalue weighted by Gasteiger charge is 2.39. The van der Waals surface area contributed by atoms with Gasteiger partial charge in [-0.3, -0.25) is 14.4 Å². The fourth-order valence-corrected chi connectivity index (χ4v) is 3.94. The van der Waals surface area contributed by atoms with Crippen molar-refractivity contribution in [2.24, 2.45) is 0 Å². The Labute approximate surface area is 228 Å². The summed E-state index contributed by atoms with van der Waals surface area (Å²) in [6.07, 6.45) is -10.5. The summed E-state index contributed by atoms with van der Waals surface area (Å²) in [7, 11) is 0. The van der Waals surface area contributed by atoms with Gasteiger partial charge in [-0.1, -0.05) is 16.7 Å². The Morgan fingerprint density at radius 1 is 1.10 bits per heavy atom. The summed E-state index contributed by atoms with van der Waals surface area (Å²) in [4.78, 5) is 27.0. The van der Waals surface area contributed by atoms with Gasteiger partial charge in [0.05, 0.1) is 17.2 Å². The zero-order valence-electron chi connectivity index (χ0n) is 21.4. The number of nitrogens with zero attached hydrogens (tertiary/aromatic N) is 3. The number of amides is 2. The van der Waals surface area contributed by atoms with Crippen molar-refractivity contribution in [2.45, 2.75) is 63.8 Å². The van der Waals surface area contributed by atoms with Crippen LogP contribution in [0.1, 0.15) is 61.5 Å². The SMILES string of the molecule is CC(C)(C)OC(=O)N1C[C@@H](NC(=O)c2ccc(Cl)c(C(F)(F)F)c2)CC[C@@H]1c1nnc(OCCOC(F)(F)F)o1. The summed E-state index contributed by atoms with van der Waals surface area (Å²) in [5.74, 6) is -0.917. The van der Waals surface area contributed by atoms with Gasteiger partial charge in [-0.25, -0.2) is 4.79 Å². The Hall–Kier alpha value is -3.27. The fraction of sp³-hybridized carbons (Fsp3) is 0.565. The molecule has 1 saturated heterocycles. The third-order valence-electron chi connectivity index (χ3n) is 5.36. The molecule has 10 nitrogen and oxygen atoms in total. The maximum absolute atomic E-state index is 13.2. The van der Waals surface area contributed by atoms with Crippen molar-refractivity contribution >= 4 is 23.6 Å². The first-order chi connectivity index (χ1) is 18.4. The Morgan fingerprint density at radius 2 is 1.80 bits per heavy atom. The molecule has 2 heterocycles. The van der Waals surface area contributed by atoms with E-state index < -0.39 is 72.1 Å². The number of rotatable bonds is 7. The van der Waals surface area contributed by atoms with Crippen LogP contribution >= 0.6 is 11.6 Å². The van der Waals surface area contributed by atoms with E-state index in [1.165, 1.54) is 4.90 Å². The molecule has 0 aliphatic carbocycles. The Bertz CT molecular complexity index is 1200. The van der Waals surface area contributed by atoms with E-state index in [-0.39, 0.29) is 30.8 Å². The lowest BCUT2D eigenvalue weighted by atomic mass is 9.98. The molecule has 1 aliphatic rings. The van der Waals surface area contributed by atoms with E-state index in [4.69, 9.17) is 25.5 Å². The topological polar surface area (TPSA) is 116 Å². The van der Waals surface area contributed by atoms with Crippen LogP contribution < -0.4 is 10.1 Å². The number of hydrogen-bond acceptors (Lipinski definition) is 8. The van der Waals surface area contributed by atoms with E-state index in [1.807, 2.05) is 0 Å². The summed E-state index contributed by atoms with van der Waals surface area (Å²) in [6.45, 7) is 3.38. The first-order valence-electron chi connectivity index (χ1n) is 11.8. The van der Waals surface area contributed by atoms with Crippen LogP contribution in [0, 0.1) is 0 Å². The quantitative estimate of drug-likeness (QED) is 0.325. The predicted octanol–water partition coefficient (Wildman–Crippen LogP) is 5.53. The number of nitrogens with one attached hydrogen (secondary N) is 1. The van der Waals surface area contributed by atoms with Crippen molar-refractivity contribution in [3.8, 4) is 6.08 Å². The number of alkyl halides is 6. The van der Waals surface area contributed by atoms with Crippen LogP contribution in [-0.4, -0.2) is 64.9 Å². The lowest BCUT2D eigenvalue weighted by molar-refractivity contribution is -0.325. The molecular weight excluding hydrogens is 578 g/mol. The molecule has 2 amide bonds. The van der Waals surface area contributed by atoms with Crippen LogP contribution in [0.3, 0.4) is 0 Å². The molecular formula is C23H25ClF6N4O6. The molecule has 0 saturated carbocycles. The van der Waals surface area contributed by atoms with Gasteiger partial charge in [-0.05, 0) is 51.8 Å². The maximum Gasteiger partial charge on any atom is 0.522 e. The monoisotopic (exact) mass is 602 g/mol. The third-order valence-corrected chi connectivity index (χ3v) is 5.69. The summed E-state index contributed by atoms with van der Waals surface area (Å²) in [5, 5.41) is 9.47. The minimum absolute atomic E-state index is 0.102. The van der Waals surface area contributed by atoms with Gasteiger partial charge in [-0.15, -0.1) is 18.3 Å². The van der Waals surface area contributed by atoms with Crippen molar-refractivity contribution < 1.29 is 54.6 Å². The summed E-state index contributed by atoms with van der Waals surface area (Å²) >= 11 is 5.62. The number of halogens is 7. The van der Waals surface area contributed by atoms with E-state index in [0.29, 0.717) is 6.07 Å². The smallest absolute Gasteiger partial charge is 0.447 e. The average Bonchev–Trinajstić information content (AvgIpc) is 3.28. The van der Waals surface area contributed by atoms with Gasteiger partial charge in [0.25, 0.3) is 5.91 Å². The van der Waals surface area contributed by atoms with Gasteiger partial charge in [0.1, 0.15) is 18.2 Å². The number of carbonyl (C=O) groups is 2. The van der Waals surface area contributed by atoms with Crippen molar-refractivity contribution in [3.63, 3.8) is 0 Å². The van der Waals surface area contributed by atoms with Gasteiger partial charge < -0.3 is 19.2 Å². The molecule has 0 bridgehead atoms. The number of ether oxygens (including phenoxy) is 3. The molecule has 0 spiro atoms. The zero-order chi connectivity index (χ0) is 29.9. The number of carbonyl (C=O) groups excluding carboxylic acids is 2. The maximum atomic E-state index is 13.2. The number of benzene rings is 1. The van der Waals surface area contributed by atoms with Gasteiger partial charge in [-0.2, -0.15) is 13.2 Å². The molecule has 17 heteroatoms. The van der Waals surface area contributed by atoms with Crippen LogP contribution in [0.15, 0.2) is 22.6 Å². The highest BCUT2D eigenvalue weighted by Crippen LogP contribution is 2.36. The second-order valence-corrected chi connectivity index (χ2v) is 10.0. The molecule has 2 atom stereocenters. The predicted molar refractivity (Wildman–Crippen MR) is 124 cm³/mol. The van der Waals surface area contributed by atoms with Gasteiger partial charge in [0.2, 0.25) is 5.89 Å². The van der Waals surface area contributed by atoms with Crippen LogP contribution in [0.4, 0.5) is 31.1 Å². The molecule has 1 aliphatic heterocycles. The van der Waals surface area contributed by atoms with Gasteiger partial charge in [0, 0.05) is 18.2 Å². The molecule has 2 aromatic rings. The minimum atomic E-state index is -4.83. The van der Waals surface area contributed by atoms with Gasteiger partial charge >= 0.3 is 24.7 Å². The average molecular weight is 603 g/mol. The molecule has 222 valence electrons. The standard InChI is InChI=1S/C23H25ClF6N4O6/c1-21(2,3)40-20(36)34-11-13(31-17(35)12-4-6-15(24)14(10-12)22(25,26)27)5-7-16(34)18-32-33-19(39-18)37-8-9-38-23(28,29)30/h4,6,10,13,16H,5,7-9,11H2,1-3H3,(H,31,35)/t13-,16+/m0/s1. The van der Waals surface area contributed by atoms with Crippen molar-refractivity contribution in [1.29, 1.82) is 0 Å². The normalized spacial score (nSPS) is 18.4. The molecule has 3 rings (SSSR count). The van der Waals surface area contributed by atoms with Crippen molar-refractivity contribution in [1.82, 2.24) is 20.4 Å². The Kier molecular flexibility index (Phi) is 9.44. The Morgan fingerprint density at radius 3 is 2.42 bits per heavy atom. The summed E-state index contributed by atoms with van der Waals surface area (Å²) < 4.78 is 95.3. The number of piperidine rings is 1.